The molecule has 0 atom stereocenters. The minimum absolute atomic E-state index is 0.165. The fraction of sp³-hybridized carbons (Fsp3) is 0.533. The molecule has 5 nitrogen and oxygen atoms in total. The van der Waals surface area contributed by atoms with Gasteiger partial charge in [0.15, 0.2) is 11.0 Å². The predicted octanol–water partition coefficient (Wildman–Crippen LogP) is 3.30. The van der Waals surface area contributed by atoms with Gasteiger partial charge in [-0.15, -0.1) is 21.5 Å². The molecule has 2 aromatic rings. The van der Waals surface area contributed by atoms with E-state index in [-0.39, 0.29) is 5.91 Å². The van der Waals surface area contributed by atoms with E-state index in [4.69, 9.17) is 0 Å². The van der Waals surface area contributed by atoms with Crippen molar-refractivity contribution in [1.82, 2.24) is 19.7 Å². The molecule has 0 aliphatic heterocycles. The zero-order valence-electron chi connectivity index (χ0n) is 12.9. The lowest BCUT2D eigenvalue weighted by Gasteiger charge is -2.18. The van der Waals surface area contributed by atoms with Crippen LogP contribution >= 0.6 is 23.1 Å². The summed E-state index contributed by atoms with van der Waals surface area (Å²) >= 11 is 3.18. The van der Waals surface area contributed by atoms with Gasteiger partial charge in [0.2, 0.25) is 5.91 Å². The highest BCUT2D eigenvalue weighted by atomic mass is 32.2. The smallest absolute Gasteiger partial charge is 0.233 e. The lowest BCUT2D eigenvalue weighted by molar-refractivity contribution is -0.127. The molecule has 0 aromatic carbocycles. The summed E-state index contributed by atoms with van der Waals surface area (Å²) in [4.78, 5) is 15.2. The van der Waals surface area contributed by atoms with Crippen molar-refractivity contribution in [1.29, 1.82) is 0 Å². The fourth-order valence-corrected chi connectivity index (χ4v) is 4.02. The van der Waals surface area contributed by atoms with Gasteiger partial charge in [-0.25, -0.2) is 0 Å². The van der Waals surface area contributed by atoms with Crippen LogP contribution in [0.5, 0.6) is 0 Å². The molecular formula is C15H20N4OS2. The van der Waals surface area contributed by atoms with Gasteiger partial charge in [0, 0.05) is 19.1 Å². The summed E-state index contributed by atoms with van der Waals surface area (Å²) in [5, 5.41) is 11.6. The number of thiophene rings is 1. The predicted molar refractivity (Wildman–Crippen MR) is 90.3 cm³/mol. The van der Waals surface area contributed by atoms with Gasteiger partial charge in [0.25, 0.3) is 0 Å². The minimum Gasteiger partial charge on any atom is -0.343 e. The topological polar surface area (TPSA) is 51.0 Å². The van der Waals surface area contributed by atoms with Gasteiger partial charge in [-0.05, 0) is 38.1 Å². The van der Waals surface area contributed by atoms with E-state index in [0.717, 1.165) is 28.9 Å². The van der Waals surface area contributed by atoms with Crippen molar-refractivity contribution < 1.29 is 4.79 Å². The van der Waals surface area contributed by atoms with Crippen LogP contribution in [0.25, 0.3) is 10.7 Å². The molecule has 3 rings (SSSR count). The number of hydrogen-bond donors (Lipinski definition) is 0. The first kappa shape index (κ1) is 15.6. The van der Waals surface area contributed by atoms with Gasteiger partial charge < -0.3 is 4.90 Å². The van der Waals surface area contributed by atoms with E-state index in [1.807, 2.05) is 24.8 Å². The first-order valence-corrected chi connectivity index (χ1v) is 9.50. The molecule has 1 amide bonds. The summed E-state index contributed by atoms with van der Waals surface area (Å²) in [7, 11) is 0. The lowest BCUT2D eigenvalue weighted by atomic mass is 10.4. The molecular weight excluding hydrogens is 316 g/mol. The zero-order chi connectivity index (χ0) is 15.5. The Balaban J connectivity index is 1.76. The van der Waals surface area contributed by atoms with E-state index in [2.05, 4.69) is 26.2 Å². The van der Waals surface area contributed by atoms with E-state index >= 15 is 0 Å². The number of thioether (sulfide) groups is 1. The Bertz CT molecular complexity index is 630. The van der Waals surface area contributed by atoms with E-state index in [1.165, 1.54) is 24.6 Å². The zero-order valence-corrected chi connectivity index (χ0v) is 14.5. The maximum atomic E-state index is 12.2. The van der Waals surface area contributed by atoms with Crippen LogP contribution in [0, 0.1) is 0 Å². The van der Waals surface area contributed by atoms with E-state index < -0.39 is 0 Å². The summed E-state index contributed by atoms with van der Waals surface area (Å²) in [6.07, 6.45) is 2.35. The molecule has 0 spiro atoms. The van der Waals surface area contributed by atoms with Gasteiger partial charge in [-0.3, -0.25) is 9.36 Å². The first-order chi connectivity index (χ1) is 10.7. The van der Waals surface area contributed by atoms with Gasteiger partial charge in [-0.1, -0.05) is 17.8 Å². The van der Waals surface area contributed by atoms with Crippen LogP contribution in [0.3, 0.4) is 0 Å². The third-order valence-electron chi connectivity index (χ3n) is 3.76. The highest BCUT2D eigenvalue weighted by Gasteiger charge is 2.30. The number of hydrogen-bond acceptors (Lipinski definition) is 5. The first-order valence-electron chi connectivity index (χ1n) is 7.64. The third kappa shape index (κ3) is 3.20. The summed E-state index contributed by atoms with van der Waals surface area (Å²) in [6, 6.07) is 4.60. The minimum atomic E-state index is 0.165. The second-order valence-corrected chi connectivity index (χ2v) is 7.13. The summed E-state index contributed by atoms with van der Waals surface area (Å²) in [5.41, 5.74) is 0. The van der Waals surface area contributed by atoms with Crippen molar-refractivity contribution in [2.75, 3.05) is 18.8 Å². The molecule has 0 unspecified atom stereocenters. The Morgan fingerprint density at radius 3 is 2.77 bits per heavy atom. The van der Waals surface area contributed by atoms with Crippen LogP contribution in [0.2, 0.25) is 0 Å². The van der Waals surface area contributed by atoms with Crippen LogP contribution in [0.1, 0.15) is 32.7 Å². The van der Waals surface area contributed by atoms with Crippen molar-refractivity contribution >= 4 is 29.0 Å². The van der Waals surface area contributed by atoms with E-state index in [9.17, 15) is 4.79 Å². The average molecular weight is 336 g/mol. The second-order valence-electron chi connectivity index (χ2n) is 5.24. The van der Waals surface area contributed by atoms with Crippen LogP contribution in [0.4, 0.5) is 0 Å². The van der Waals surface area contributed by atoms with Gasteiger partial charge in [-0.2, -0.15) is 0 Å². The Labute approximate surface area is 138 Å². The normalized spacial score (nSPS) is 14.3. The Hall–Kier alpha value is -1.34. The van der Waals surface area contributed by atoms with E-state index in [1.54, 1.807) is 11.3 Å². The van der Waals surface area contributed by atoms with Gasteiger partial charge >= 0.3 is 0 Å². The standard InChI is InChI=1S/C15H20N4OS2/c1-3-18(4-2)13(20)10-22-15-17-16-14(12-6-5-9-21-12)19(15)11-7-8-11/h5-6,9,11H,3-4,7-8,10H2,1-2H3. The number of amides is 1. The van der Waals surface area contributed by atoms with Crippen LogP contribution in [-0.4, -0.2) is 44.4 Å². The van der Waals surface area contributed by atoms with Crippen molar-refractivity contribution in [3.63, 3.8) is 0 Å². The van der Waals surface area contributed by atoms with Crippen LogP contribution < -0.4 is 0 Å². The molecule has 1 saturated carbocycles. The lowest BCUT2D eigenvalue weighted by Crippen LogP contribution is -2.31. The fourth-order valence-electron chi connectivity index (χ4n) is 2.41. The van der Waals surface area contributed by atoms with Gasteiger partial charge in [0.05, 0.1) is 10.6 Å². The highest BCUT2D eigenvalue weighted by Crippen LogP contribution is 2.41. The Morgan fingerprint density at radius 1 is 1.41 bits per heavy atom. The second kappa shape index (κ2) is 6.83. The molecule has 1 aliphatic carbocycles. The number of carbonyl (C=O) groups excluding carboxylic acids is 1. The van der Waals surface area contributed by atoms with Crippen molar-refractivity contribution in [3.05, 3.63) is 17.5 Å². The molecule has 0 bridgehead atoms. The molecule has 2 aromatic heterocycles. The summed E-state index contributed by atoms with van der Waals surface area (Å²) < 4.78 is 2.21. The highest BCUT2D eigenvalue weighted by molar-refractivity contribution is 7.99. The van der Waals surface area contributed by atoms with Crippen molar-refractivity contribution in [2.24, 2.45) is 0 Å². The third-order valence-corrected chi connectivity index (χ3v) is 5.55. The maximum Gasteiger partial charge on any atom is 0.233 e. The Kier molecular flexibility index (Phi) is 4.83. The quantitative estimate of drug-likeness (QED) is 0.728. The average Bonchev–Trinajstić information content (AvgIpc) is 3.05. The van der Waals surface area contributed by atoms with Crippen molar-refractivity contribution in [2.45, 2.75) is 37.9 Å². The molecule has 118 valence electrons. The number of carbonyl (C=O) groups is 1. The SMILES string of the molecule is CCN(CC)C(=O)CSc1nnc(-c2cccs2)n1C1CC1. The number of nitrogens with zero attached hydrogens (tertiary/aromatic N) is 4. The van der Waals surface area contributed by atoms with Crippen LogP contribution in [-0.2, 0) is 4.79 Å². The number of rotatable bonds is 7. The van der Waals surface area contributed by atoms with Crippen molar-refractivity contribution in [3.8, 4) is 10.7 Å². The molecule has 0 radical (unpaired) electrons. The molecule has 1 fully saturated rings. The van der Waals surface area contributed by atoms with Crippen LogP contribution in [0.15, 0.2) is 22.7 Å². The molecule has 2 heterocycles. The summed E-state index contributed by atoms with van der Waals surface area (Å²) in [6.45, 7) is 5.53. The Morgan fingerprint density at radius 2 is 2.18 bits per heavy atom. The molecule has 1 aliphatic rings. The number of aromatic nitrogens is 3. The summed E-state index contributed by atoms with van der Waals surface area (Å²) in [5.74, 6) is 1.53. The van der Waals surface area contributed by atoms with E-state index in [0.29, 0.717) is 11.8 Å². The van der Waals surface area contributed by atoms with Gasteiger partial charge in [0.1, 0.15) is 0 Å². The maximum absolute atomic E-state index is 12.2. The molecule has 7 heteroatoms. The largest absolute Gasteiger partial charge is 0.343 e. The monoisotopic (exact) mass is 336 g/mol. The molecule has 22 heavy (non-hydrogen) atoms. The molecule has 0 saturated heterocycles. The molecule has 0 N–H and O–H groups in total.